The first-order valence-electron chi connectivity index (χ1n) is 5.14. The van der Waals surface area contributed by atoms with Gasteiger partial charge in [0.05, 0.1) is 0 Å². The summed E-state index contributed by atoms with van der Waals surface area (Å²) in [6, 6.07) is 2.56. The van der Waals surface area contributed by atoms with Crippen LogP contribution >= 0.6 is 0 Å². The molecule has 0 saturated heterocycles. The number of hydrogen-bond acceptors (Lipinski definition) is 5. The van der Waals surface area contributed by atoms with Crippen molar-refractivity contribution < 1.29 is 22.4 Å². The molecule has 1 rings (SSSR count). The fraction of sp³-hybridized carbons (Fsp3) is 0.500. The van der Waals surface area contributed by atoms with Crippen molar-refractivity contribution >= 4 is 16.3 Å². The third-order valence-electron chi connectivity index (χ3n) is 2.05. The number of hydrogen-bond donors (Lipinski definition) is 1. The van der Waals surface area contributed by atoms with Crippen molar-refractivity contribution in [1.29, 1.82) is 0 Å². The monoisotopic (exact) mass is 261 g/mol. The predicted molar refractivity (Wildman–Crippen MR) is 60.4 cm³/mol. The molecule has 0 radical (unpaired) electrons. The zero-order valence-corrected chi connectivity index (χ0v) is 10.3. The highest BCUT2D eigenvalue weighted by molar-refractivity contribution is 7.89. The van der Waals surface area contributed by atoms with Gasteiger partial charge in [0.1, 0.15) is 0 Å². The maximum Gasteiger partial charge on any atom is 0.273 e. The first kappa shape index (κ1) is 13.9. The van der Waals surface area contributed by atoms with E-state index in [9.17, 15) is 13.2 Å². The molecule has 6 nitrogen and oxygen atoms in total. The molecule has 0 aliphatic rings. The van der Waals surface area contributed by atoms with Gasteiger partial charge in [-0.2, -0.15) is 0 Å². The SMILES string of the molecule is COCCCCNS(=O)(=O)c1ccc(C=O)o1. The van der Waals surface area contributed by atoms with E-state index in [1.54, 1.807) is 7.11 Å². The molecule has 0 atom stereocenters. The van der Waals surface area contributed by atoms with E-state index in [2.05, 4.69) is 4.72 Å². The summed E-state index contributed by atoms with van der Waals surface area (Å²) in [5, 5.41) is -0.244. The van der Waals surface area contributed by atoms with Crippen LogP contribution in [0, 0.1) is 0 Å². The Morgan fingerprint density at radius 3 is 2.76 bits per heavy atom. The van der Waals surface area contributed by atoms with Gasteiger partial charge in [0.25, 0.3) is 10.0 Å². The quantitative estimate of drug-likeness (QED) is 0.552. The zero-order chi connectivity index (χ0) is 12.7. The van der Waals surface area contributed by atoms with Crippen LogP contribution in [0.1, 0.15) is 23.4 Å². The number of unbranched alkanes of at least 4 members (excludes halogenated alkanes) is 1. The number of furan rings is 1. The molecule has 1 N–H and O–H groups in total. The fourth-order valence-corrected chi connectivity index (χ4v) is 2.20. The van der Waals surface area contributed by atoms with Crippen LogP contribution in [-0.4, -0.2) is 35.0 Å². The molecule has 1 aromatic rings. The average molecular weight is 261 g/mol. The van der Waals surface area contributed by atoms with Crippen LogP contribution < -0.4 is 4.72 Å². The molecular weight excluding hydrogens is 246 g/mol. The lowest BCUT2D eigenvalue weighted by Gasteiger charge is -2.03. The number of rotatable bonds is 8. The third-order valence-corrected chi connectivity index (χ3v) is 3.38. The number of sulfonamides is 1. The van der Waals surface area contributed by atoms with Gasteiger partial charge in [-0.05, 0) is 25.0 Å². The van der Waals surface area contributed by atoms with E-state index in [0.717, 1.165) is 6.42 Å². The van der Waals surface area contributed by atoms with Crippen LogP contribution in [0.2, 0.25) is 0 Å². The molecule has 0 fully saturated rings. The highest BCUT2D eigenvalue weighted by atomic mass is 32.2. The van der Waals surface area contributed by atoms with E-state index in [0.29, 0.717) is 25.9 Å². The minimum Gasteiger partial charge on any atom is -0.440 e. The topological polar surface area (TPSA) is 85.6 Å². The van der Waals surface area contributed by atoms with Crippen LogP contribution in [0.3, 0.4) is 0 Å². The molecule has 0 aromatic carbocycles. The molecule has 0 spiro atoms. The number of nitrogens with one attached hydrogen (secondary N) is 1. The van der Waals surface area contributed by atoms with Gasteiger partial charge in [0, 0.05) is 20.3 Å². The van der Waals surface area contributed by atoms with Crippen LogP contribution in [0.5, 0.6) is 0 Å². The molecule has 17 heavy (non-hydrogen) atoms. The molecule has 1 heterocycles. The third kappa shape index (κ3) is 4.29. The normalized spacial score (nSPS) is 11.6. The molecular formula is C10H15NO5S. The van der Waals surface area contributed by atoms with Gasteiger partial charge < -0.3 is 9.15 Å². The van der Waals surface area contributed by atoms with Crippen molar-refractivity contribution in [3.63, 3.8) is 0 Å². The van der Waals surface area contributed by atoms with Crippen molar-refractivity contribution in [2.45, 2.75) is 17.9 Å². The summed E-state index contributed by atoms with van der Waals surface area (Å²) >= 11 is 0. The summed E-state index contributed by atoms with van der Waals surface area (Å²) in [6.45, 7) is 0.903. The van der Waals surface area contributed by atoms with Gasteiger partial charge in [0.2, 0.25) is 5.09 Å². The van der Waals surface area contributed by atoms with Crippen molar-refractivity contribution in [2.24, 2.45) is 0 Å². The van der Waals surface area contributed by atoms with Crippen LogP contribution in [0.25, 0.3) is 0 Å². The molecule has 0 aliphatic carbocycles. The number of methoxy groups -OCH3 is 1. The van der Waals surface area contributed by atoms with Gasteiger partial charge in [-0.25, -0.2) is 13.1 Å². The smallest absolute Gasteiger partial charge is 0.273 e. The molecule has 0 bridgehead atoms. The number of carbonyl (C=O) groups excluding carboxylic acids is 1. The van der Waals surface area contributed by atoms with Gasteiger partial charge in [-0.3, -0.25) is 4.79 Å². The van der Waals surface area contributed by atoms with Crippen molar-refractivity contribution in [2.75, 3.05) is 20.3 Å². The van der Waals surface area contributed by atoms with Crippen molar-refractivity contribution in [1.82, 2.24) is 4.72 Å². The molecule has 96 valence electrons. The molecule has 0 unspecified atom stereocenters. The largest absolute Gasteiger partial charge is 0.440 e. The van der Waals surface area contributed by atoms with Crippen molar-refractivity contribution in [3.8, 4) is 0 Å². The lowest BCUT2D eigenvalue weighted by Crippen LogP contribution is -2.24. The fourth-order valence-electron chi connectivity index (χ4n) is 1.19. The Labute approximate surface area is 100 Å². The Kier molecular flexibility index (Phi) is 5.33. The second-order valence-electron chi connectivity index (χ2n) is 3.37. The van der Waals surface area contributed by atoms with Gasteiger partial charge in [-0.15, -0.1) is 0 Å². The van der Waals surface area contributed by atoms with Crippen molar-refractivity contribution in [3.05, 3.63) is 17.9 Å². The first-order valence-corrected chi connectivity index (χ1v) is 6.62. The van der Waals surface area contributed by atoms with E-state index in [-0.39, 0.29) is 10.9 Å². The highest BCUT2D eigenvalue weighted by Gasteiger charge is 2.17. The summed E-state index contributed by atoms with van der Waals surface area (Å²) in [6.07, 6.45) is 1.91. The van der Waals surface area contributed by atoms with Gasteiger partial charge >= 0.3 is 0 Å². The predicted octanol–water partition coefficient (Wildman–Crippen LogP) is 0.797. The van der Waals surface area contributed by atoms with E-state index < -0.39 is 10.0 Å². The maximum absolute atomic E-state index is 11.6. The van der Waals surface area contributed by atoms with Gasteiger partial charge in [0.15, 0.2) is 12.0 Å². The summed E-state index contributed by atoms with van der Waals surface area (Å²) in [5.74, 6) is -0.00948. The molecule has 7 heteroatoms. The lowest BCUT2D eigenvalue weighted by atomic mass is 10.3. The summed E-state index contributed by atoms with van der Waals surface area (Å²) in [4.78, 5) is 10.4. The molecule has 0 aliphatic heterocycles. The average Bonchev–Trinajstić information content (AvgIpc) is 2.78. The number of aldehydes is 1. The molecule has 0 saturated carbocycles. The van der Waals surface area contributed by atoms with Gasteiger partial charge in [-0.1, -0.05) is 0 Å². The zero-order valence-electron chi connectivity index (χ0n) is 9.51. The standard InChI is InChI=1S/C10H15NO5S/c1-15-7-3-2-6-11-17(13,14)10-5-4-9(8-12)16-10/h4-5,8,11H,2-3,6-7H2,1H3. The van der Waals surface area contributed by atoms with E-state index >= 15 is 0 Å². The Balaban J connectivity index is 2.48. The van der Waals surface area contributed by atoms with E-state index in [1.165, 1.54) is 12.1 Å². The van der Waals surface area contributed by atoms with Crippen LogP contribution in [-0.2, 0) is 14.8 Å². The minimum absolute atomic E-state index is 0.00948. The second-order valence-corrected chi connectivity index (χ2v) is 5.07. The number of ether oxygens (including phenoxy) is 1. The Morgan fingerprint density at radius 1 is 1.41 bits per heavy atom. The second kappa shape index (κ2) is 6.53. The van der Waals surface area contributed by atoms with E-state index in [1.807, 2.05) is 0 Å². The summed E-state index contributed by atoms with van der Waals surface area (Å²) < 4.78 is 35.3. The highest BCUT2D eigenvalue weighted by Crippen LogP contribution is 2.12. The maximum atomic E-state index is 11.6. The van der Waals surface area contributed by atoms with E-state index in [4.69, 9.17) is 9.15 Å². The molecule has 1 aromatic heterocycles. The summed E-state index contributed by atoms with van der Waals surface area (Å²) in [5.41, 5.74) is 0. The summed E-state index contributed by atoms with van der Waals surface area (Å²) in [7, 11) is -2.06. The van der Waals surface area contributed by atoms with Crippen LogP contribution in [0.4, 0.5) is 0 Å². The van der Waals surface area contributed by atoms with Crippen LogP contribution in [0.15, 0.2) is 21.6 Å². The lowest BCUT2D eigenvalue weighted by molar-refractivity contribution is 0.109. The molecule has 0 amide bonds. The Hall–Kier alpha value is -1.18. The Morgan fingerprint density at radius 2 is 2.18 bits per heavy atom. The Bertz CT molecular complexity index is 451. The first-order chi connectivity index (χ1) is 8.10. The minimum atomic E-state index is -3.65. The number of carbonyl (C=O) groups is 1.